The van der Waals surface area contributed by atoms with Gasteiger partial charge in [-0.2, -0.15) is 0 Å². The molecule has 21 heavy (non-hydrogen) atoms. The molecular formula is C18H26N2O. The minimum absolute atomic E-state index is 0.240. The molecule has 0 saturated carbocycles. The van der Waals surface area contributed by atoms with Crippen molar-refractivity contribution >= 4 is 5.91 Å². The Balaban J connectivity index is 1.80. The van der Waals surface area contributed by atoms with Crippen molar-refractivity contribution in [2.24, 2.45) is 5.92 Å². The Hall–Kier alpha value is -1.35. The maximum absolute atomic E-state index is 13.0. The Labute approximate surface area is 127 Å². The fraction of sp³-hybridized carbons (Fsp3) is 0.611. The number of nitrogens with zero attached hydrogens (tertiary/aromatic N) is 1. The van der Waals surface area contributed by atoms with E-state index in [1.165, 1.54) is 24.8 Å². The first-order chi connectivity index (χ1) is 10.2. The van der Waals surface area contributed by atoms with Crippen molar-refractivity contribution in [3.05, 3.63) is 34.9 Å². The molecule has 2 atom stereocenters. The molecule has 2 aliphatic rings. The van der Waals surface area contributed by atoms with E-state index in [0.717, 1.165) is 37.2 Å². The predicted molar refractivity (Wildman–Crippen MR) is 85.6 cm³/mol. The van der Waals surface area contributed by atoms with Gasteiger partial charge >= 0.3 is 0 Å². The van der Waals surface area contributed by atoms with Crippen LogP contribution in [-0.2, 0) is 0 Å². The van der Waals surface area contributed by atoms with Crippen LogP contribution in [-0.4, -0.2) is 36.5 Å². The summed E-state index contributed by atoms with van der Waals surface area (Å²) in [4.78, 5) is 15.1. The van der Waals surface area contributed by atoms with Crippen molar-refractivity contribution in [3.8, 4) is 0 Å². The molecule has 1 N–H and O–H groups in total. The molecule has 0 bridgehead atoms. The fourth-order valence-electron chi connectivity index (χ4n) is 3.86. The van der Waals surface area contributed by atoms with Crippen molar-refractivity contribution in [1.29, 1.82) is 0 Å². The van der Waals surface area contributed by atoms with Crippen LogP contribution in [0.1, 0.15) is 47.2 Å². The normalized spacial score (nSPS) is 26.1. The van der Waals surface area contributed by atoms with Gasteiger partial charge in [0.15, 0.2) is 0 Å². The summed E-state index contributed by atoms with van der Waals surface area (Å²) in [5.74, 6) is 0.875. The molecule has 2 aliphatic heterocycles. The van der Waals surface area contributed by atoms with Crippen LogP contribution in [0.5, 0.6) is 0 Å². The number of aryl methyl sites for hydroxylation is 2. The SMILES string of the molecule is Cc1ccc(C)c(C(=O)N2CCCC2C2CCCNC2)c1. The lowest BCUT2D eigenvalue weighted by atomic mass is 9.90. The second-order valence-corrected chi connectivity index (χ2v) is 6.63. The van der Waals surface area contributed by atoms with Gasteiger partial charge in [-0.1, -0.05) is 17.7 Å². The molecule has 0 aliphatic carbocycles. The Bertz CT molecular complexity index is 520. The van der Waals surface area contributed by atoms with Crippen LogP contribution < -0.4 is 5.32 Å². The number of carbonyl (C=O) groups is 1. The number of carbonyl (C=O) groups excluding carboxylic acids is 1. The van der Waals surface area contributed by atoms with E-state index in [2.05, 4.69) is 29.3 Å². The van der Waals surface area contributed by atoms with E-state index in [1.807, 2.05) is 13.0 Å². The fourth-order valence-corrected chi connectivity index (χ4v) is 3.86. The van der Waals surface area contributed by atoms with Gasteiger partial charge in [0, 0.05) is 18.2 Å². The second kappa shape index (κ2) is 6.18. The van der Waals surface area contributed by atoms with Gasteiger partial charge in [0.05, 0.1) is 0 Å². The summed E-state index contributed by atoms with van der Waals surface area (Å²) in [6, 6.07) is 6.63. The van der Waals surface area contributed by atoms with E-state index in [1.54, 1.807) is 0 Å². The summed E-state index contributed by atoms with van der Waals surface area (Å²) in [6.45, 7) is 7.23. The van der Waals surface area contributed by atoms with Crippen LogP contribution in [0.15, 0.2) is 18.2 Å². The first kappa shape index (κ1) is 14.6. The molecule has 0 radical (unpaired) electrons. The molecule has 0 aromatic heterocycles. The van der Waals surface area contributed by atoms with E-state index in [4.69, 9.17) is 0 Å². The van der Waals surface area contributed by atoms with E-state index in [0.29, 0.717) is 12.0 Å². The lowest BCUT2D eigenvalue weighted by Crippen LogP contribution is -2.45. The van der Waals surface area contributed by atoms with Gasteiger partial charge in [0.2, 0.25) is 0 Å². The van der Waals surface area contributed by atoms with Crippen LogP contribution in [0.2, 0.25) is 0 Å². The number of nitrogens with one attached hydrogen (secondary N) is 1. The van der Waals surface area contributed by atoms with Gasteiger partial charge < -0.3 is 10.2 Å². The van der Waals surface area contributed by atoms with Gasteiger partial charge in [-0.25, -0.2) is 0 Å². The largest absolute Gasteiger partial charge is 0.335 e. The molecule has 2 unspecified atom stereocenters. The molecule has 2 heterocycles. The molecule has 0 spiro atoms. The number of rotatable bonds is 2. The molecule has 3 rings (SSSR count). The zero-order valence-corrected chi connectivity index (χ0v) is 13.2. The molecule has 2 fully saturated rings. The summed E-state index contributed by atoms with van der Waals surface area (Å²) in [6.07, 6.45) is 4.82. The topological polar surface area (TPSA) is 32.3 Å². The highest BCUT2D eigenvalue weighted by atomic mass is 16.2. The maximum atomic E-state index is 13.0. The Morgan fingerprint density at radius 1 is 1.24 bits per heavy atom. The highest BCUT2D eigenvalue weighted by Gasteiger charge is 2.35. The molecule has 1 aromatic rings. The number of hydrogen-bond donors (Lipinski definition) is 1. The monoisotopic (exact) mass is 286 g/mol. The summed E-state index contributed by atoms with van der Waals surface area (Å²) in [5.41, 5.74) is 3.16. The van der Waals surface area contributed by atoms with Crippen LogP contribution in [0.25, 0.3) is 0 Å². The van der Waals surface area contributed by atoms with E-state index in [-0.39, 0.29) is 5.91 Å². The highest BCUT2D eigenvalue weighted by molar-refractivity contribution is 5.96. The van der Waals surface area contributed by atoms with Crippen molar-refractivity contribution in [2.45, 2.75) is 45.6 Å². The van der Waals surface area contributed by atoms with Crippen molar-refractivity contribution < 1.29 is 4.79 Å². The average Bonchev–Trinajstić information content (AvgIpc) is 2.99. The summed E-state index contributed by atoms with van der Waals surface area (Å²) >= 11 is 0. The summed E-state index contributed by atoms with van der Waals surface area (Å²) in [5, 5.41) is 3.49. The molecular weight excluding hydrogens is 260 g/mol. The third kappa shape index (κ3) is 2.98. The molecule has 3 nitrogen and oxygen atoms in total. The van der Waals surface area contributed by atoms with Crippen LogP contribution in [0, 0.1) is 19.8 Å². The van der Waals surface area contributed by atoms with E-state index < -0.39 is 0 Å². The third-order valence-corrected chi connectivity index (χ3v) is 5.06. The van der Waals surface area contributed by atoms with Crippen molar-refractivity contribution in [1.82, 2.24) is 10.2 Å². The summed E-state index contributed by atoms with van der Waals surface area (Å²) < 4.78 is 0. The van der Waals surface area contributed by atoms with E-state index in [9.17, 15) is 4.79 Å². The number of benzene rings is 1. The van der Waals surface area contributed by atoms with Gasteiger partial charge in [0.25, 0.3) is 5.91 Å². The first-order valence-corrected chi connectivity index (χ1v) is 8.26. The zero-order chi connectivity index (χ0) is 14.8. The van der Waals surface area contributed by atoms with Gasteiger partial charge in [-0.15, -0.1) is 0 Å². The van der Waals surface area contributed by atoms with Gasteiger partial charge in [0.1, 0.15) is 0 Å². The quantitative estimate of drug-likeness (QED) is 0.906. The van der Waals surface area contributed by atoms with Crippen LogP contribution >= 0.6 is 0 Å². The average molecular weight is 286 g/mol. The third-order valence-electron chi connectivity index (χ3n) is 5.06. The van der Waals surface area contributed by atoms with Gasteiger partial charge in [-0.05, 0) is 70.2 Å². The number of piperidine rings is 1. The smallest absolute Gasteiger partial charge is 0.254 e. The van der Waals surface area contributed by atoms with Crippen molar-refractivity contribution in [2.75, 3.05) is 19.6 Å². The molecule has 3 heteroatoms. The molecule has 2 saturated heterocycles. The summed E-state index contributed by atoms with van der Waals surface area (Å²) in [7, 11) is 0. The lowest BCUT2D eigenvalue weighted by Gasteiger charge is -2.34. The predicted octanol–water partition coefficient (Wildman–Crippen LogP) is 2.91. The standard InChI is InChI=1S/C18H26N2O/c1-13-7-8-14(2)16(11-13)18(21)20-10-4-6-17(20)15-5-3-9-19-12-15/h7-8,11,15,17,19H,3-6,9-10,12H2,1-2H3. The maximum Gasteiger partial charge on any atom is 0.254 e. The Kier molecular flexibility index (Phi) is 4.29. The number of amides is 1. The first-order valence-electron chi connectivity index (χ1n) is 8.26. The van der Waals surface area contributed by atoms with Crippen LogP contribution in [0.3, 0.4) is 0 Å². The zero-order valence-electron chi connectivity index (χ0n) is 13.2. The Morgan fingerprint density at radius 2 is 2.10 bits per heavy atom. The van der Waals surface area contributed by atoms with Crippen LogP contribution in [0.4, 0.5) is 0 Å². The lowest BCUT2D eigenvalue weighted by molar-refractivity contribution is 0.0670. The van der Waals surface area contributed by atoms with E-state index >= 15 is 0 Å². The minimum Gasteiger partial charge on any atom is -0.335 e. The molecule has 114 valence electrons. The highest BCUT2D eigenvalue weighted by Crippen LogP contribution is 2.30. The van der Waals surface area contributed by atoms with Crippen molar-refractivity contribution in [3.63, 3.8) is 0 Å². The minimum atomic E-state index is 0.240. The number of likely N-dealkylation sites (tertiary alicyclic amines) is 1. The molecule has 1 amide bonds. The second-order valence-electron chi connectivity index (χ2n) is 6.63. The van der Waals surface area contributed by atoms with Gasteiger partial charge in [-0.3, -0.25) is 4.79 Å². The Morgan fingerprint density at radius 3 is 2.86 bits per heavy atom. The molecule has 1 aromatic carbocycles. The number of hydrogen-bond acceptors (Lipinski definition) is 2.